The number of amides is 1. The standard InChI is InChI=1S/C22H24F3N5O3/c1-13-8-17(19-11-29(6-7-32-19)21(31)18-10-26-12-33-18)30-20(27-13)9-16(28-30)14-2-4-15(5-3-14)22(23,24)25/h8-10,12,14-15,19H,2-7,11H2,1H3/t14-,15-,19-/m1/s1. The normalized spacial score (nSPS) is 24.4. The Hall–Kier alpha value is -2.95. The minimum atomic E-state index is -4.14. The molecule has 2 fully saturated rings. The summed E-state index contributed by atoms with van der Waals surface area (Å²) in [5, 5.41) is 4.72. The van der Waals surface area contributed by atoms with Gasteiger partial charge in [0.05, 0.1) is 36.7 Å². The Morgan fingerprint density at radius 3 is 2.67 bits per heavy atom. The van der Waals surface area contributed by atoms with Crippen molar-refractivity contribution < 1.29 is 27.1 Å². The number of carbonyl (C=O) groups is 1. The Labute approximate surface area is 187 Å². The van der Waals surface area contributed by atoms with Gasteiger partial charge in [-0.3, -0.25) is 4.79 Å². The molecule has 1 aliphatic heterocycles. The smallest absolute Gasteiger partial charge is 0.391 e. The quantitative estimate of drug-likeness (QED) is 0.582. The van der Waals surface area contributed by atoms with Gasteiger partial charge in [0.2, 0.25) is 5.76 Å². The highest BCUT2D eigenvalue weighted by Gasteiger charge is 2.42. The van der Waals surface area contributed by atoms with Crippen LogP contribution in [0, 0.1) is 12.8 Å². The molecule has 0 bridgehead atoms. The van der Waals surface area contributed by atoms with Crippen LogP contribution in [-0.2, 0) is 4.74 Å². The molecule has 5 rings (SSSR count). The van der Waals surface area contributed by atoms with Gasteiger partial charge < -0.3 is 14.1 Å². The number of alkyl halides is 3. The lowest BCUT2D eigenvalue weighted by molar-refractivity contribution is -0.182. The number of morpholine rings is 1. The average molecular weight is 463 g/mol. The van der Waals surface area contributed by atoms with E-state index in [-0.39, 0.29) is 30.4 Å². The van der Waals surface area contributed by atoms with Gasteiger partial charge in [0.25, 0.3) is 5.91 Å². The van der Waals surface area contributed by atoms with E-state index < -0.39 is 18.2 Å². The second-order valence-corrected chi connectivity index (χ2v) is 8.73. The second-order valence-electron chi connectivity index (χ2n) is 8.73. The number of aromatic nitrogens is 4. The summed E-state index contributed by atoms with van der Waals surface area (Å²) in [4.78, 5) is 22.7. The lowest BCUT2D eigenvalue weighted by Gasteiger charge is -2.32. The van der Waals surface area contributed by atoms with Crippen molar-refractivity contribution in [3.05, 3.63) is 47.6 Å². The molecule has 1 saturated heterocycles. The highest BCUT2D eigenvalue weighted by atomic mass is 19.4. The Balaban J connectivity index is 1.39. The highest BCUT2D eigenvalue weighted by Crippen LogP contribution is 2.42. The zero-order chi connectivity index (χ0) is 23.2. The van der Waals surface area contributed by atoms with E-state index in [1.54, 1.807) is 9.42 Å². The number of halogens is 3. The van der Waals surface area contributed by atoms with Crippen molar-refractivity contribution in [1.29, 1.82) is 0 Å². The number of hydrogen-bond acceptors (Lipinski definition) is 6. The van der Waals surface area contributed by atoms with Crippen LogP contribution in [0.5, 0.6) is 0 Å². The van der Waals surface area contributed by atoms with Gasteiger partial charge in [0.15, 0.2) is 12.0 Å². The minimum absolute atomic E-state index is 0.0322. The first-order valence-electron chi connectivity index (χ1n) is 11.0. The van der Waals surface area contributed by atoms with Crippen molar-refractivity contribution in [1.82, 2.24) is 24.5 Å². The van der Waals surface area contributed by atoms with E-state index in [0.29, 0.717) is 38.2 Å². The zero-order valence-corrected chi connectivity index (χ0v) is 18.1. The van der Waals surface area contributed by atoms with E-state index in [0.717, 1.165) is 17.1 Å². The molecule has 1 saturated carbocycles. The van der Waals surface area contributed by atoms with Crippen LogP contribution in [0.25, 0.3) is 5.65 Å². The second kappa shape index (κ2) is 8.44. The van der Waals surface area contributed by atoms with Crippen LogP contribution in [0.4, 0.5) is 13.2 Å². The Morgan fingerprint density at radius 1 is 1.18 bits per heavy atom. The lowest BCUT2D eigenvalue weighted by atomic mass is 9.80. The van der Waals surface area contributed by atoms with E-state index in [1.807, 2.05) is 19.1 Å². The molecule has 8 nitrogen and oxygen atoms in total. The van der Waals surface area contributed by atoms with Crippen molar-refractivity contribution in [3.8, 4) is 0 Å². The number of nitrogens with zero attached hydrogens (tertiary/aromatic N) is 5. The van der Waals surface area contributed by atoms with E-state index >= 15 is 0 Å². The summed E-state index contributed by atoms with van der Waals surface area (Å²) in [7, 11) is 0. The van der Waals surface area contributed by atoms with Crippen molar-refractivity contribution in [2.24, 2.45) is 5.92 Å². The van der Waals surface area contributed by atoms with Crippen LogP contribution in [0.15, 0.2) is 29.1 Å². The molecular weight excluding hydrogens is 439 g/mol. The predicted octanol–water partition coefficient (Wildman–Crippen LogP) is 4.08. The van der Waals surface area contributed by atoms with Crippen LogP contribution in [0.1, 0.15) is 65.3 Å². The fourth-order valence-electron chi connectivity index (χ4n) is 4.78. The molecule has 33 heavy (non-hydrogen) atoms. The molecule has 1 atom stereocenters. The number of hydrogen-bond donors (Lipinski definition) is 0. The predicted molar refractivity (Wildman–Crippen MR) is 110 cm³/mol. The van der Waals surface area contributed by atoms with Gasteiger partial charge in [-0.15, -0.1) is 0 Å². The van der Waals surface area contributed by atoms with Crippen molar-refractivity contribution in [3.63, 3.8) is 0 Å². The molecule has 2 aliphatic rings. The van der Waals surface area contributed by atoms with Gasteiger partial charge in [0.1, 0.15) is 6.10 Å². The summed E-state index contributed by atoms with van der Waals surface area (Å²) in [5.74, 6) is -1.35. The molecule has 0 spiro atoms. The number of aryl methyl sites for hydroxylation is 1. The van der Waals surface area contributed by atoms with E-state index in [4.69, 9.17) is 14.3 Å². The summed E-state index contributed by atoms with van der Waals surface area (Å²) < 4.78 is 51.9. The monoisotopic (exact) mass is 463 g/mol. The summed E-state index contributed by atoms with van der Waals surface area (Å²) >= 11 is 0. The molecule has 3 aromatic heterocycles. The Morgan fingerprint density at radius 2 is 1.97 bits per heavy atom. The molecule has 0 aromatic carbocycles. The maximum Gasteiger partial charge on any atom is 0.391 e. The Kier molecular flexibility index (Phi) is 5.59. The molecule has 1 amide bonds. The third-order valence-corrected chi connectivity index (χ3v) is 6.54. The minimum Gasteiger partial charge on any atom is -0.438 e. The SMILES string of the molecule is Cc1cc([C@H]2CN(C(=O)c3cnco3)CCO2)n2nc([C@H]3CC[C@H](C(F)(F)F)CC3)cc2n1. The topological polar surface area (TPSA) is 85.8 Å². The van der Waals surface area contributed by atoms with Gasteiger partial charge in [0, 0.05) is 24.2 Å². The fraction of sp³-hybridized carbons (Fsp3) is 0.545. The van der Waals surface area contributed by atoms with Crippen molar-refractivity contribution in [2.75, 3.05) is 19.7 Å². The van der Waals surface area contributed by atoms with Crippen molar-refractivity contribution >= 4 is 11.6 Å². The highest BCUT2D eigenvalue weighted by molar-refractivity contribution is 5.91. The van der Waals surface area contributed by atoms with Crippen LogP contribution in [-0.4, -0.2) is 56.3 Å². The van der Waals surface area contributed by atoms with Gasteiger partial charge in [-0.05, 0) is 38.7 Å². The third-order valence-electron chi connectivity index (χ3n) is 6.54. The zero-order valence-electron chi connectivity index (χ0n) is 18.1. The molecule has 176 valence electrons. The molecule has 3 aromatic rings. The Bertz CT molecular complexity index is 1140. The van der Waals surface area contributed by atoms with Crippen LogP contribution < -0.4 is 0 Å². The molecule has 1 aliphatic carbocycles. The first kappa shape index (κ1) is 21.9. The summed E-state index contributed by atoms with van der Waals surface area (Å²) in [5.41, 5.74) is 2.90. The van der Waals surface area contributed by atoms with E-state index in [1.165, 1.54) is 12.6 Å². The molecule has 11 heteroatoms. The van der Waals surface area contributed by atoms with Crippen LogP contribution >= 0.6 is 0 Å². The summed E-state index contributed by atoms with van der Waals surface area (Å²) in [6.45, 7) is 2.95. The number of fused-ring (bicyclic) bond motifs is 1. The maximum absolute atomic E-state index is 13.0. The molecule has 0 unspecified atom stereocenters. The first-order chi connectivity index (χ1) is 15.8. The largest absolute Gasteiger partial charge is 0.438 e. The van der Waals surface area contributed by atoms with Gasteiger partial charge in [-0.1, -0.05) is 0 Å². The van der Waals surface area contributed by atoms with Crippen LogP contribution in [0.3, 0.4) is 0 Å². The average Bonchev–Trinajstić information content (AvgIpc) is 3.48. The first-order valence-corrected chi connectivity index (χ1v) is 11.0. The summed E-state index contributed by atoms with van der Waals surface area (Å²) in [6, 6.07) is 3.73. The lowest BCUT2D eigenvalue weighted by Crippen LogP contribution is -2.42. The van der Waals surface area contributed by atoms with Gasteiger partial charge >= 0.3 is 6.18 Å². The third kappa shape index (κ3) is 4.33. The van der Waals surface area contributed by atoms with E-state index in [2.05, 4.69) is 9.97 Å². The summed E-state index contributed by atoms with van der Waals surface area (Å²) in [6.07, 6.45) is -0.837. The van der Waals surface area contributed by atoms with Crippen LogP contribution in [0.2, 0.25) is 0 Å². The van der Waals surface area contributed by atoms with Crippen molar-refractivity contribution in [2.45, 2.75) is 50.8 Å². The molecular formula is C22H24F3N5O3. The fourth-order valence-corrected chi connectivity index (χ4v) is 4.78. The maximum atomic E-state index is 13.0. The number of carbonyl (C=O) groups excluding carboxylic acids is 1. The van der Waals surface area contributed by atoms with E-state index in [9.17, 15) is 18.0 Å². The number of ether oxygens (including phenoxy) is 1. The van der Waals surface area contributed by atoms with Gasteiger partial charge in [-0.2, -0.15) is 18.3 Å². The molecule has 0 N–H and O–H groups in total. The van der Waals surface area contributed by atoms with Gasteiger partial charge in [-0.25, -0.2) is 14.5 Å². The number of rotatable bonds is 3. The molecule has 4 heterocycles. The number of oxazole rings is 1. The molecule has 0 radical (unpaired) electrons.